The summed E-state index contributed by atoms with van der Waals surface area (Å²) in [4.78, 5) is 14.6. The molecule has 1 aliphatic carbocycles. The Kier molecular flexibility index (Phi) is 4.79. The van der Waals surface area contributed by atoms with Crippen LogP contribution in [0.5, 0.6) is 0 Å². The van der Waals surface area contributed by atoms with Crippen LogP contribution in [-0.4, -0.2) is 36.2 Å². The van der Waals surface area contributed by atoms with Crippen LogP contribution in [0.1, 0.15) is 38.2 Å². The van der Waals surface area contributed by atoms with Crippen LogP contribution >= 0.6 is 0 Å². The second kappa shape index (κ2) is 6.80. The van der Waals surface area contributed by atoms with Crippen molar-refractivity contribution in [3.8, 4) is 0 Å². The Morgan fingerprint density at radius 3 is 2.91 bits per heavy atom. The molecule has 1 fully saturated rings. The van der Waals surface area contributed by atoms with E-state index in [-0.39, 0.29) is 24.6 Å². The van der Waals surface area contributed by atoms with Crippen LogP contribution < -0.4 is 10.2 Å². The minimum atomic E-state index is 0.139. The minimum absolute atomic E-state index is 0.139. The summed E-state index contributed by atoms with van der Waals surface area (Å²) in [5, 5.41) is 12.9. The average Bonchev–Trinajstić information content (AvgIpc) is 2.88. The summed E-state index contributed by atoms with van der Waals surface area (Å²) in [5.74, 6) is 0.435. The second-order valence-corrected chi connectivity index (χ2v) is 6.66. The van der Waals surface area contributed by atoms with Crippen LogP contribution in [0.4, 0.5) is 5.69 Å². The van der Waals surface area contributed by atoms with Crippen molar-refractivity contribution in [2.24, 2.45) is 5.92 Å². The van der Waals surface area contributed by atoms with Crippen LogP contribution in [-0.2, 0) is 11.2 Å². The van der Waals surface area contributed by atoms with E-state index < -0.39 is 0 Å². The first kappa shape index (κ1) is 15.5. The molecule has 3 atom stereocenters. The van der Waals surface area contributed by atoms with Gasteiger partial charge in [-0.25, -0.2) is 0 Å². The van der Waals surface area contributed by atoms with Crippen LogP contribution in [0, 0.1) is 5.92 Å². The van der Waals surface area contributed by atoms with Gasteiger partial charge in [0.15, 0.2) is 0 Å². The van der Waals surface area contributed by atoms with Crippen molar-refractivity contribution in [2.45, 2.75) is 51.1 Å². The van der Waals surface area contributed by atoms with E-state index in [9.17, 15) is 9.90 Å². The molecule has 22 heavy (non-hydrogen) atoms. The van der Waals surface area contributed by atoms with Gasteiger partial charge in [-0.15, -0.1) is 0 Å². The maximum atomic E-state index is 12.7. The fraction of sp³-hybridized carbons (Fsp3) is 0.611. The summed E-state index contributed by atoms with van der Waals surface area (Å²) in [6, 6.07) is 8.67. The van der Waals surface area contributed by atoms with Crippen molar-refractivity contribution >= 4 is 11.6 Å². The summed E-state index contributed by atoms with van der Waals surface area (Å²) in [6.45, 7) is 2.68. The predicted octanol–water partition coefficient (Wildman–Crippen LogP) is 2.10. The molecular formula is C18H26N2O2. The molecule has 1 aliphatic heterocycles. The summed E-state index contributed by atoms with van der Waals surface area (Å²) < 4.78 is 0. The number of nitrogens with zero attached hydrogens (tertiary/aromatic N) is 1. The maximum absolute atomic E-state index is 12.7. The van der Waals surface area contributed by atoms with Gasteiger partial charge in [-0.1, -0.05) is 31.0 Å². The standard InChI is InChI=1S/C18H26N2O2/c1-13-10-14-6-3-5-9-17(14)20(13)18(22)11-19-16-8-4-2-7-15(16)12-21/h3,5-6,9,13,15-16,19,21H,2,4,7-8,10-12H2,1H3/t13-,15+,16+/m1/s1. The number of carbonyl (C=O) groups is 1. The van der Waals surface area contributed by atoms with Crippen molar-refractivity contribution in [1.29, 1.82) is 0 Å². The lowest BCUT2D eigenvalue weighted by Crippen LogP contribution is -2.47. The molecule has 0 saturated heterocycles. The fourth-order valence-corrected chi connectivity index (χ4v) is 3.94. The van der Waals surface area contributed by atoms with Crippen LogP contribution in [0.15, 0.2) is 24.3 Å². The zero-order valence-corrected chi connectivity index (χ0v) is 13.3. The molecule has 1 aromatic rings. The van der Waals surface area contributed by atoms with Crippen LogP contribution in [0.2, 0.25) is 0 Å². The van der Waals surface area contributed by atoms with Crippen molar-refractivity contribution in [3.63, 3.8) is 0 Å². The predicted molar refractivity (Wildman–Crippen MR) is 87.9 cm³/mol. The van der Waals surface area contributed by atoms with E-state index in [1.165, 1.54) is 18.4 Å². The number of fused-ring (bicyclic) bond motifs is 1. The number of anilines is 1. The first-order valence-corrected chi connectivity index (χ1v) is 8.45. The summed E-state index contributed by atoms with van der Waals surface area (Å²) in [6.07, 6.45) is 5.43. The molecule has 120 valence electrons. The van der Waals surface area contributed by atoms with Crippen LogP contribution in [0.3, 0.4) is 0 Å². The first-order chi connectivity index (χ1) is 10.7. The molecule has 1 amide bonds. The van der Waals surface area contributed by atoms with E-state index in [1.54, 1.807) is 0 Å². The number of rotatable bonds is 4. The lowest BCUT2D eigenvalue weighted by Gasteiger charge is -2.32. The molecule has 1 saturated carbocycles. The van der Waals surface area contributed by atoms with E-state index in [0.717, 1.165) is 24.9 Å². The van der Waals surface area contributed by atoms with Crippen molar-refractivity contribution < 1.29 is 9.90 Å². The van der Waals surface area contributed by atoms with Gasteiger partial charge in [-0.05, 0) is 43.7 Å². The third-order valence-corrected chi connectivity index (χ3v) is 5.14. The van der Waals surface area contributed by atoms with Crippen molar-refractivity contribution in [2.75, 3.05) is 18.1 Å². The molecule has 0 spiro atoms. The molecule has 2 N–H and O–H groups in total. The molecule has 4 heteroatoms. The largest absolute Gasteiger partial charge is 0.396 e. The number of aliphatic hydroxyl groups excluding tert-OH is 1. The van der Waals surface area contributed by atoms with Gasteiger partial charge in [0.25, 0.3) is 0 Å². The highest BCUT2D eigenvalue weighted by Gasteiger charge is 2.31. The fourth-order valence-electron chi connectivity index (χ4n) is 3.94. The summed E-state index contributed by atoms with van der Waals surface area (Å²) >= 11 is 0. The van der Waals surface area contributed by atoms with E-state index >= 15 is 0 Å². The molecule has 1 heterocycles. The Hall–Kier alpha value is -1.39. The highest BCUT2D eigenvalue weighted by Crippen LogP contribution is 2.31. The normalized spacial score (nSPS) is 27.7. The third kappa shape index (κ3) is 3.03. The minimum Gasteiger partial charge on any atom is -0.396 e. The number of benzene rings is 1. The zero-order chi connectivity index (χ0) is 15.5. The number of carbonyl (C=O) groups excluding carboxylic acids is 1. The van der Waals surface area contributed by atoms with E-state index in [0.29, 0.717) is 12.5 Å². The van der Waals surface area contributed by atoms with Gasteiger partial charge in [-0.3, -0.25) is 4.79 Å². The molecule has 4 nitrogen and oxygen atoms in total. The Morgan fingerprint density at radius 2 is 2.09 bits per heavy atom. The number of nitrogens with one attached hydrogen (secondary N) is 1. The zero-order valence-electron chi connectivity index (χ0n) is 13.3. The monoisotopic (exact) mass is 302 g/mol. The van der Waals surface area contributed by atoms with Gasteiger partial charge in [0.1, 0.15) is 0 Å². The Bertz CT molecular complexity index is 532. The van der Waals surface area contributed by atoms with E-state index in [1.807, 2.05) is 23.1 Å². The van der Waals surface area contributed by atoms with E-state index in [4.69, 9.17) is 0 Å². The Morgan fingerprint density at radius 1 is 1.32 bits per heavy atom. The van der Waals surface area contributed by atoms with Crippen LogP contribution in [0.25, 0.3) is 0 Å². The number of para-hydroxylation sites is 1. The topological polar surface area (TPSA) is 52.6 Å². The summed E-state index contributed by atoms with van der Waals surface area (Å²) in [5.41, 5.74) is 2.32. The Balaban J connectivity index is 1.62. The number of amides is 1. The molecular weight excluding hydrogens is 276 g/mol. The second-order valence-electron chi connectivity index (χ2n) is 6.66. The van der Waals surface area contributed by atoms with Crippen molar-refractivity contribution in [1.82, 2.24) is 5.32 Å². The molecule has 1 aromatic carbocycles. The SMILES string of the molecule is C[C@@H]1Cc2ccccc2N1C(=O)CN[C@H]1CCCC[C@H]1CO. The summed E-state index contributed by atoms with van der Waals surface area (Å²) in [7, 11) is 0. The molecule has 2 aliphatic rings. The van der Waals surface area contributed by atoms with Gasteiger partial charge >= 0.3 is 0 Å². The van der Waals surface area contributed by atoms with E-state index in [2.05, 4.69) is 18.3 Å². The molecule has 3 rings (SSSR count). The lowest BCUT2D eigenvalue weighted by molar-refractivity contribution is -0.118. The lowest BCUT2D eigenvalue weighted by atomic mass is 9.85. The van der Waals surface area contributed by atoms with Gasteiger partial charge in [0, 0.05) is 24.4 Å². The smallest absolute Gasteiger partial charge is 0.241 e. The van der Waals surface area contributed by atoms with Crippen molar-refractivity contribution in [3.05, 3.63) is 29.8 Å². The Labute approximate surface area is 132 Å². The highest BCUT2D eigenvalue weighted by molar-refractivity contribution is 5.97. The van der Waals surface area contributed by atoms with Gasteiger partial charge in [0.05, 0.1) is 6.54 Å². The average molecular weight is 302 g/mol. The number of aliphatic hydroxyl groups is 1. The third-order valence-electron chi connectivity index (χ3n) is 5.14. The molecule has 0 unspecified atom stereocenters. The molecule has 0 bridgehead atoms. The maximum Gasteiger partial charge on any atom is 0.241 e. The quantitative estimate of drug-likeness (QED) is 0.895. The number of hydrogen-bond donors (Lipinski definition) is 2. The van der Waals surface area contributed by atoms with Gasteiger partial charge in [-0.2, -0.15) is 0 Å². The first-order valence-electron chi connectivity index (χ1n) is 8.45. The van der Waals surface area contributed by atoms with Gasteiger partial charge in [0.2, 0.25) is 5.91 Å². The molecule has 0 aromatic heterocycles. The van der Waals surface area contributed by atoms with Gasteiger partial charge < -0.3 is 15.3 Å². The number of hydrogen-bond acceptors (Lipinski definition) is 3. The molecule has 0 radical (unpaired) electrons. The highest BCUT2D eigenvalue weighted by atomic mass is 16.3.